The molecular weight excluding hydrogens is 276 g/mol. The van der Waals surface area contributed by atoms with Crippen molar-refractivity contribution in [1.82, 2.24) is 4.72 Å². The molecule has 0 aliphatic heterocycles. The van der Waals surface area contributed by atoms with Crippen LogP contribution in [0.15, 0.2) is 45.9 Å². The van der Waals surface area contributed by atoms with E-state index in [0.29, 0.717) is 6.42 Å². The van der Waals surface area contributed by atoms with Gasteiger partial charge in [0.15, 0.2) is 0 Å². The van der Waals surface area contributed by atoms with E-state index in [1.165, 1.54) is 6.07 Å². The maximum atomic E-state index is 12.3. The summed E-state index contributed by atoms with van der Waals surface area (Å²) in [5.74, 6) is 0.733. The molecule has 5 nitrogen and oxygen atoms in total. The largest absolute Gasteiger partial charge is 0.469 e. The molecule has 1 heterocycles. The van der Waals surface area contributed by atoms with Crippen LogP contribution in [0.1, 0.15) is 18.2 Å². The van der Waals surface area contributed by atoms with Crippen LogP contribution in [0.3, 0.4) is 0 Å². The Labute approximate surface area is 118 Å². The SMILES string of the molecule is Cc1ccc(S(=O)(=O)NC(C)Cc2ccco2)c(N)c1. The van der Waals surface area contributed by atoms with Gasteiger partial charge >= 0.3 is 0 Å². The third-order valence-corrected chi connectivity index (χ3v) is 4.56. The molecule has 1 atom stereocenters. The average molecular weight is 294 g/mol. The van der Waals surface area contributed by atoms with Crippen molar-refractivity contribution in [1.29, 1.82) is 0 Å². The van der Waals surface area contributed by atoms with E-state index in [9.17, 15) is 8.42 Å². The first-order chi connectivity index (χ1) is 9.38. The van der Waals surface area contributed by atoms with E-state index >= 15 is 0 Å². The molecule has 20 heavy (non-hydrogen) atoms. The van der Waals surface area contributed by atoms with Crippen molar-refractivity contribution in [3.63, 3.8) is 0 Å². The van der Waals surface area contributed by atoms with E-state index in [4.69, 9.17) is 10.2 Å². The molecule has 0 saturated heterocycles. The Kier molecular flexibility index (Phi) is 4.15. The third-order valence-electron chi connectivity index (χ3n) is 2.90. The van der Waals surface area contributed by atoms with Crippen LogP contribution in [-0.4, -0.2) is 14.5 Å². The topological polar surface area (TPSA) is 85.3 Å². The zero-order chi connectivity index (χ0) is 14.8. The summed E-state index contributed by atoms with van der Waals surface area (Å²) in [6.45, 7) is 3.64. The van der Waals surface area contributed by atoms with Gasteiger partial charge in [-0.25, -0.2) is 13.1 Å². The Morgan fingerprint density at radius 3 is 2.70 bits per heavy atom. The lowest BCUT2D eigenvalue weighted by Crippen LogP contribution is -2.34. The quantitative estimate of drug-likeness (QED) is 0.827. The number of hydrogen-bond acceptors (Lipinski definition) is 4. The predicted octanol–water partition coefficient (Wildman–Crippen LogP) is 2.08. The van der Waals surface area contributed by atoms with Crippen LogP contribution >= 0.6 is 0 Å². The lowest BCUT2D eigenvalue weighted by atomic mass is 10.2. The van der Waals surface area contributed by atoms with Crippen molar-refractivity contribution in [2.24, 2.45) is 0 Å². The van der Waals surface area contributed by atoms with Gasteiger partial charge in [0.2, 0.25) is 10.0 Å². The number of furan rings is 1. The number of anilines is 1. The minimum atomic E-state index is -3.63. The highest BCUT2D eigenvalue weighted by molar-refractivity contribution is 7.89. The van der Waals surface area contributed by atoms with Crippen LogP contribution in [0.2, 0.25) is 0 Å². The molecule has 6 heteroatoms. The second-order valence-corrected chi connectivity index (χ2v) is 6.53. The molecule has 0 aliphatic rings. The molecule has 0 spiro atoms. The van der Waals surface area contributed by atoms with Crippen LogP contribution in [0.5, 0.6) is 0 Å². The number of nitrogen functional groups attached to an aromatic ring is 1. The molecule has 2 aromatic rings. The molecule has 2 rings (SSSR count). The number of nitrogens with two attached hydrogens (primary N) is 1. The number of nitrogens with one attached hydrogen (secondary N) is 1. The van der Waals surface area contributed by atoms with E-state index in [1.807, 2.05) is 13.0 Å². The summed E-state index contributed by atoms with van der Waals surface area (Å²) >= 11 is 0. The summed E-state index contributed by atoms with van der Waals surface area (Å²) in [4.78, 5) is 0.106. The van der Waals surface area contributed by atoms with E-state index < -0.39 is 10.0 Å². The van der Waals surface area contributed by atoms with Crippen molar-refractivity contribution in [3.8, 4) is 0 Å². The number of sulfonamides is 1. The molecule has 0 amide bonds. The Bertz CT molecular complexity index is 678. The maximum Gasteiger partial charge on any atom is 0.242 e. The van der Waals surface area contributed by atoms with Crippen LogP contribution in [-0.2, 0) is 16.4 Å². The molecule has 108 valence electrons. The predicted molar refractivity (Wildman–Crippen MR) is 77.8 cm³/mol. The number of aryl methyl sites for hydroxylation is 1. The lowest BCUT2D eigenvalue weighted by Gasteiger charge is -2.14. The Morgan fingerprint density at radius 1 is 1.35 bits per heavy atom. The Hall–Kier alpha value is -1.79. The van der Waals surface area contributed by atoms with Gasteiger partial charge in [0.1, 0.15) is 10.7 Å². The van der Waals surface area contributed by atoms with Crippen LogP contribution in [0, 0.1) is 6.92 Å². The van der Waals surface area contributed by atoms with Gasteiger partial charge in [-0.05, 0) is 43.7 Å². The molecule has 0 radical (unpaired) electrons. The smallest absolute Gasteiger partial charge is 0.242 e. The first kappa shape index (κ1) is 14.6. The summed E-state index contributed by atoms with van der Waals surface area (Å²) in [6, 6.07) is 8.19. The molecule has 1 aromatic heterocycles. The standard InChI is InChI=1S/C14H18N2O3S/c1-10-5-6-14(13(15)8-10)20(17,18)16-11(2)9-12-4-3-7-19-12/h3-8,11,16H,9,15H2,1-2H3. The maximum absolute atomic E-state index is 12.3. The van der Waals surface area contributed by atoms with Crippen molar-refractivity contribution in [3.05, 3.63) is 47.9 Å². The Balaban J connectivity index is 2.14. The highest BCUT2D eigenvalue weighted by Crippen LogP contribution is 2.20. The monoisotopic (exact) mass is 294 g/mol. The number of hydrogen-bond donors (Lipinski definition) is 2. The zero-order valence-corrected chi connectivity index (χ0v) is 12.3. The number of benzene rings is 1. The lowest BCUT2D eigenvalue weighted by molar-refractivity contribution is 0.479. The van der Waals surface area contributed by atoms with Gasteiger partial charge in [-0.2, -0.15) is 0 Å². The van der Waals surface area contributed by atoms with Gasteiger partial charge in [-0.15, -0.1) is 0 Å². The van der Waals surface area contributed by atoms with Gasteiger partial charge in [0.05, 0.1) is 12.0 Å². The average Bonchev–Trinajstić information content (AvgIpc) is 2.79. The summed E-state index contributed by atoms with van der Waals surface area (Å²) in [5, 5.41) is 0. The van der Waals surface area contributed by atoms with Gasteiger partial charge in [0.25, 0.3) is 0 Å². The summed E-state index contributed by atoms with van der Waals surface area (Å²) in [6.07, 6.45) is 2.05. The fourth-order valence-corrected chi connectivity index (χ4v) is 3.37. The van der Waals surface area contributed by atoms with E-state index in [2.05, 4.69) is 4.72 Å². The Morgan fingerprint density at radius 2 is 2.10 bits per heavy atom. The second-order valence-electron chi connectivity index (χ2n) is 4.85. The summed E-state index contributed by atoms with van der Waals surface area (Å²) in [5.41, 5.74) is 6.96. The van der Waals surface area contributed by atoms with E-state index in [1.54, 1.807) is 31.4 Å². The molecule has 0 bridgehead atoms. The van der Waals surface area contributed by atoms with Crippen LogP contribution in [0.4, 0.5) is 5.69 Å². The summed E-state index contributed by atoms with van der Waals surface area (Å²) in [7, 11) is -3.63. The van der Waals surface area contributed by atoms with Crippen molar-refractivity contribution in [2.75, 3.05) is 5.73 Å². The van der Waals surface area contributed by atoms with Crippen LogP contribution < -0.4 is 10.5 Å². The fourth-order valence-electron chi connectivity index (χ4n) is 2.01. The van der Waals surface area contributed by atoms with Crippen LogP contribution in [0.25, 0.3) is 0 Å². The second kappa shape index (κ2) is 5.68. The van der Waals surface area contributed by atoms with Gasteiger partial charge in [0, 0.05) is 12.5 Å². The highest BCUT2D eigenvalue weighted by Gasteiger charge is 2.20. The van der Waals surface area contributed by atoms with Crippen molar-refractivity contribution in [2.45, 2.75) is 31.2 Å². The third kappa shape index (κ3) is 3.40. The molecule has 1 aromatic carbocycles. The first-order valence-corrected chi connectivity index (χ1v) is 7.77. The normalized spacial score (nSPS) is 13.3. The zero-order valence-electron chi connectivity index (χ0n) is 11.5. The first-order valence-electron chi connectivity index (χ1n) is 6.29. The molecule has 0 fully saturated rings. The highest BCUT2D eigenvalue weighted by atomic mass is 32.2. The molecule has 1 unspecified atom stereocenters. The van der Waals surface area contributed by atoms with E-state index in [0.717, 1.165) is 11.3 Å². The van der Waals surface area contributed by atoms with Crippen molar-refractivity contribution < 1.29 is 12.8 Å². The number of rotatable bonds is 5. The molecule has 0 saturated carbocycles. The van der Waals surface area contributed by atoms with Crippen molar-refractivity contribution >= 4 is 15.7 Å². The summed E-state index contributed by atoms with van der Waals surface area (Å²) < 4.78 is 32.4. The molecule has 0 aliphatic carbocycles. The van der Waals surface area contributed by atoms with Gasteiger partial charge in [-0.1, -0.05) is 6.07 Å². The fraction of sp³-hybridized carbons (Fsp3) is 0.286. The van der Waals surface area contributed by atoms with Gasteiger partial charge in [-0.3, -0.25) is 0 Å². The minimum absolute atomic E-state index is 0.106. The van der Waals surface area contributed by atoms with Gasteiger partial charge < -0.3 is 10.2 Å². The van der Waals surface area contributed by atoms with E-state index in [-0.39, 0.29) is 16.6 Å². The minimum Gasteiger partial charge on any atom is -0.469 e. The molecule has 3 N–H and O–H groups in total. The molecular formula is C14H18N2O3S.